The molecule has 0 spiro atoms. The monoisotopic (exact) mass is 454 g/mol. The molecule has 0 bridgehead atoms. The lowest BCUT2D eigenvalue weighted by molar-refractivity contribution is -0.385. The third-order valence-electron chi connectivity index (χ3n) is 5.40. The number of unbranched alkanes of at least 4 members (excludes halogenated alkanes) is 5. The van der Waals surface area contributed by atoms with Gasteiger partial charge < -0.3 is 14.6 Å². The van der Waals surface area contributed by atoms with Crippen LogP contribution in [0.4, 0.5) is 22.0 Å². The molecule has 0 saturated heterocycles. The van der Waals surface area contributed by atoms with Gasteiger partial charge in [-0.15, -0.1) is 0 Å². The Kier molecular flexibility index (Phi) is 12.6. The first-order valence-corrected chi connectivity index (χ1v) is 11.2. The molecule has 1 atom stereocenters. The van der Waals surface area contributed by atoms with Gasteiger partial charge in [-0.1, -0.05) is 45.4 Å². The molecule has 8 heteroatoms. The largest absolute Gasteiger partial charge is 0.343 e. The second-order valence-electron chi connectivity index (χ2n) is 7.69. The fourth-order valence-electron chi connectivity index (χ4n) is 3.77. The van der Waals surface area contributed by atoms with Crippen molar-refractivity contribution in [2.24, 2.45) is 5.92 Å². The zero-order valence-electron chi connectivity index (χ0n) is 18.7. The maximum Gasteiger partial charge on any atom is 0.283 e. The van der Waals surface area contributed by atoms with Gasteiger partial charge in [0.1, 0.15) is 0 Å². The Labute approximate surface area is 181 Å². The number of benzene rings is 1. The highest BCUT2D eigenvalue weighted by Crippen LogP contribution is 2.32. The van der Waals surface area contributed by atoms with Crippen LogP contribution in [0.3, 0.4) is 0 Å². The summed E-state index contributed by atoms with van der Waals surface area (Å²) in [5, 5.41) is 10.9. The van der Waals surface area contributed by atoms with Gasteiger partial charge in [0.15, 0.2) is 23.3 Å². The Morgan fingerprint density at radius 2 is 1.13 bits per heavy atom. The molecule has 0 saturated carbocycles. The van der Waals surface area contributed by atoms with E-state index in [9.17, 15) is 27.1 Å². The minimum atomic E-state index is -2.17. The topological polar surface area (TPSA) is 38.7 Å². The van der Waals surface area contributed by atoms with Gasteiger partial charge in [-0.3, -0.25) is 0 Å². The van der Waals surface area contributed by atoms with Gasteiger partial charge in [-0.25, -0.2) is 22.0 Å². The minimum absolute atomic E-state index is 0.0985. The van der Waals surface area contributed by atoms with Gasteiger partial charge in [0.05, 0.1) is 0 Å². The number of hydrogen-bond acceptors (Lipinski definition) is 3. The Morgan fingerprint density at radius 1 is 0.677 bits per heavy atom. The lowest BCUT2D eigenvalue weighted by Gasteiger charge is -2.35. The first kappa shape index (κ1) is 27.8. The van der Waals surface area contributed by atoms with Crippen molar-refractivity contribution in [2.45, 2.75) is 91.0 Å². The zero-order valence-corrected chi connectivity index (χ0v) is 18.7. The van der Waals surface area contributed by atoms with Gasteiger partial charge in [0, 0.05) is 24.7 Å². The second kappa shape index (κ2) is 14.0. The Morgan fingerprint density at radius 3 is 1.65 bits per heavy atom. The molecule has 0 fully saturated rings. The predicted molar refractivity (Wildman–Crippen MR) is 109 cm³/mol. The van der Waals surface area contributed by atoms with Crippen LogP contribution in [0.5, 0.6) is 0 Å². The molecule has 0 aliphatic carbocycles. The summed E-state index contributed by atoms with van der Waals surface area (Å²) in [4.78, 5) is 0. The van der Waals surface area contributed by atoms with Crippen LogP contribution in [0.2, 0.25) is 0 Å². The first-order valence-electron chi connectivity index (χ1n) is 11.2. The molecule has 0 amide bonds. The molecule has 31 heavy (non-hydrogen) atoms. The van der Waals surface area contributed by atoms with Crippen LogP contribution >= 0.6 is 0 Å². The summed E-state index contributed by atoms with van der Waals surface area (Å²) in [6.45, 7) is 5.94. The zero-order chi connectivity index (χ0) is 23.4. The minimum Gasteiger partial charge on any atom is -0.343 e. The van der Waals surface area contributed by atoms with E-state index in [0.717, 1.165) is 38.5 Å². The third-order valence-corrected chi connectivity index (χ3v) is 5.40. The fourth-order valence-corrected chi connectivity index (χ4v) is 3.77. The van der Waals surface area contributed by atoms with Crippen molar-refractivity contribution in [1.29, 1.82) is 0 Å². The summed E-state index contributed by atoms with van der Waals surface area (Å²) >= 11 is 0. The average Bonchev–Trinajstić information content (AvgIpc) is 2.74. The van der Waals surface area contributed by atoms with Gasteiger partial charge >= 0.3 is 0 Å². The molecular formula is C23H35F5O3. The van der Waals surface area contributed by atoms with E-state index < -0.39 is 46.5 Å². The van der Waals surface area contributed by atoms with Crippen molar-refractivity contribution in [1.82, 2.24) is 0 Å². The van der Waals surface area contributed by atoms with Crippen LogP contribution in [0.25, 0.3) is 0 Å². The van der Waals surface area contributed by atoms with Crippen molar-refractivity contribution < 1.29 is 36.5 Å². The molecular weight excluding hydrogens is 419 g/mol. The number of aliphatic hydroxyl groups is 1. The van der Waals surface area contributed by atoms with Crippen molar-refractivity contribution in [2.75, 3.05) is 13.2 Å². The molecule has 1 N–H and O–H groups in total. The van der Waals surface area contributed by atoms with E-state index in [1.165, 1.54) is 0 Å². The summed E-state index contributed by atoms with van der Waals surface area (Å²) < 4.78 is 78.9. The highest BCUT2D eigenvalue weighted by atomic mass is 19.2. The molecule has 1 aromatic rings. The van der Waals surface area contributed by atoms with E-state index >= 15 is 0 Å². The molecule has 1 aromatic carbocycles. The maximum atomic E-state index is 13.9. The molecule has 1 unspecified atom stereocenters. The SMILES string of the molecule is CCCCCCCCC(CCCc1c(F)c(F)c(F)c(F)c1F)C(O)(OCC)OCC. The molecule has 0 radical (unpaired) electrons. The standard InChI is InChI=1S/C23H35F5O3/c1-4-7-8-9-10-11-13-16(23(29,30-5-2)31-6-3)14-12-15-17-18(24)20(26)22(28)21(27)19(17)25/h16,29H,4-15H2,1-3H3. The van der Waals surface area contributed by atoms with Gasteiger partial charge in [0.2, 0.25) is 5.82 Å². The van der Waals surface area contributed by atoms with E-state index in [4.69, 9.17) is 9.47 Å². The number of hydrogen-bond donors (Lipinski definition) is 1. The summed E-state index contributed by atoms with van der Waals surface area (Å²) in [6, 6.07) is 0. The second-order valence-corrected chi connectivity index (χ2v) is 7.69. The Hall–Kier alpha value is -1.25. The van der Waals surface area contributed by atoms with Crippen LogP contribution in [-0.4, -0.2) is 24.3 Å². The highest BCUT2D eigenvalue weighted by molar-refractivity contribution is 5.24. The molecule has 0 aliphatic rings. The summed E-state index contributed by atoms with van der Waals surface area (Å²) in [5.74, 6) is -12.0. The van der Waals surface area contributed by atoms with Crippen LogP contribution in [0, 0.1) is 35.0 Å². The third kappa shape index (κ3) is 7.99. The number of halogens is 5. The number of rotatable bonds is 16. The Balaban J connectivity index is 2.85. The lowest BCUT2D eigenvalue weighted by Crippen LogP contribution is -2.44. The van der Waals surface area contributed by atoms with Gasteiger partial charge in [-0.2, -0.15) is 0 Å². The Bertz CT molecular complexity index is 634. The molecule has 3 nitrogen and oxygen atoms in total. The molecule has 180 valence electrons. The summed E-state index contributed by atoms with van der Waals surface area (Å²) in [5.41, 5.74) is -0.842. The van der Waals surface area contributed by atoms with Crippen LogP contribution < -0.4 is 0 Å². The molecule has 0 aliphatic heterocycles. The fraction of sp³-hybridized carbons (Fsp3) is 0.739. The van der Waals surface area contributed by atoms with Crippen molar-refractivity contribution in [3.63, 3.8) is 0 Å². The molecule has 0 heterocycles. The molecule has 1 rings (SSSR count). The van der Waals surface area contributed by atoms with E-state index in [2.05, 4.69) is 6.92 Å². The normalized spacial score (nSPS) is 13.1. The smallest absolute Gasteiger partial charge is 0.283 e. The van der Waals surface area contributed by atoms with Crippen LogP contribution in [-0.2, 0) is 15.9 Å². The van der Waals surface area contributed by atoms with E-state index in [0.29, 0.717) is 6.42 Å². The van der Waals surface area contributed by atoms with Crippen LogP contribution in [0.1, 0.15) is 84.1 Å². The summed E-state index contributed by atoms with van der Waals surface area (Å²) in [6.07, 6.45) is 6.79. The van der Waals surface area contributed by atoms with E-state index in [-0.39, 0.29) is 32.5 Å². The van der Waals surface area contributed by atoms with Gasteiger partial charge in [0.25, 0.3) is 5.97 Å². The highest BCUT2D eigenvalue weighted by Gasteiger charge is 2.38. The van der Waals surface area contributed by atoms with Gasteiger partial charge in [-0.05, 0) is 39.5 Å². The lowest BCUT2D eigenvalue weighted by atomic mass is 9.91. The summed E-state index contributed by atoms with van der Waals surface area (Å²) in [7, 11) is 0. The first-order chi connectivity index (χ1) is 14.7. The number of ether oxygens (including phenoxy) is 2. The van der Waals surface area contributed by atoms with Crippen molar-refractivity contribution in [3.05, 3.63) is 34.6 Å². The average molecular weight is 455 g/mol. The van der Waals surface area contributed by atoms with Crippen molar-refractivity contribution >= 4 is 0 Å². The predicted octanol–water partition coefficient (Wildman–Crippen LogP) is 6.79. The van der Waals surface area contributed by atoms with Crippen molar-refractivity contribution in [3.8, 4) is 0 Å². The van der Waals surface area contributed by atoms with E-state index in [1.54, 1.807) is 13.8 Å². The quantitative estimate of drug-likeness (QED) is 0.0983. The van der Waals surface area contributed by atoms with E-state index in [1.807, 2.05) is 0 Å². The molecule has 0 aromatic heterocycles. The van der Waals surface area contributed by atoms with Crippen LogP contribution in [0.15, 0.2) is 0 Å². The maximum absolute atomic E-state index is 13.9.